The summed E-state index contributed by atoms with van der Waals surface area (Å²) in [6.07, 6.45) is 1.83. The molecule has 3 aromatic heterocycles. The van der Waals surface area contributed by atoms with Crippen LogP contribution in [0.4, 0.5) is 8.78 Å². The Morgan fingerprint density at radius 2 is 1.97 bits per heavy atom. The highest BCUT2D eigenvalue weighted by molar-refractivity contribution is 7.10. The number of aryl methyl sites for hydroxylation is 1. The summed E-state index contributed by atoms with van der Waals surface area (Å²) in [5.41, 5.74) is 1.12. The number of ketones is 1. The Kier molecular flexibility index (Phi) is 6.11. The molecule has 3 heterocycles. The molecule has 0 fully saturated rings. The lowest BCUT2D eigenvalue weighted by molar-refractivity contribution is 0.0954. The molecule has 0 bridgehead atoms. The van der Waals surface area contributed by atoms with E-state index in [4.69, 9.17) is 4.74 Å². The molecule has 4 rings (SSSR count). The number of imidazole rings is 1. The number of aliphatic hydroxyl groups excluding tert-OH is 1. The number of aromatic nitrogens is 2. The Labute approximate surface area is 181 Å². The van der Waals surface area contributed by atoms with Crippen molar-refractivity contribution in [3.63, 3.8) is 0 Å². The molecule has 0 aliphatic heterocycles. The Hall–Kier alpha value is -3.10. The van der Waals surface area contributed by atoms with E-state index in [1.54, 1.807) is 29.7 Å². The zero-order chi connectivity index (χ0) is 22.0. The molecule has 0 saturated carbocycles. The summed E-state index contributed by atoms with van der Waals surface area (Å²) in [4.78, 5) is 18.5. The number of Topliss-reactive ketones (excluding diaryl/α,β-unsaturated/α-hetero) is 1. The van der Waals surface area contributed by atoms with E-state index in [0.717, 1.165) is 4.88 Å². The zero-order valence-corrected chi connectivity index (χ0v) is 17.5. The minimum absolute atomic E-state index is 0.134. The summed E-state index contributed by atoms with van der Waals surface area (Å²) in [5, 5.41) is 11.7. The number of rotatable bonds is 8. The van der Waals surface area contributed by atoms with Gasteiger partial charge in [0.25, 0.3) is 0 Å². The number of fused-ring (bicyclic) bond motifs is 1. The van der Waals surface area contributed by atoms with E-state index >= 15 is 0 Å². The largest absolute Gasteiger partial charge is 0.485 e. The fourth-order valence-corrected chi connectivity index (χ4v) is 4.35. The molecule has 0 radical (unpaired) electrons. The minimum atomic E-state index is -0.689. The Balaban J connectivity index is 1.62. The highest BCUT2D eigenvalue weighted by Crippen LogP contribution is 2.28. The molecule has 0 saturated heterocycles. The molecular formula is C23H20F2N2O3S. The number of halogens is 2. The van der Waals surface area contributed by atoms with E-state index in [1.165, 1.54) is 29.5 Å². The van der Waals surface area contributed by atoms with Crippen LogP contribution in [0, 0.1) is 18.6 Å². The van der Waals surface area contributed by atoms with Gasteiger partial charge in [0.1, 0.15) is 23.9 Å². The molecule has 5 nitrogen and oxygen atoms in total. The molecule has 1 atom stereocenters. The van der Waals surface area contributed by atoms with E-state index in [0.29, 0.717) is 22.8 Å². The van der Waals surface area contributed by atoms with Crippen LogP contribution in [0.3, 0.4) is 0 Å². The van der Waals surface area contributed by atoms with Gasteiger partial charge in [-0.05, 0) is 42.6 Å². The molecule has 31 heavy (non-hydrogen) atoms. The van der Waals surface area contributed by atoms with Gasteiger partial charge in [0, 0.05) is 23.4 Å². The highest BCUT2D eigenvalue weighted by atomic mass is 32.1. The molecule has 0 unspecified atom stereocenters. The fraction of sp³-hybridized carbons (Fsp3) is 0.217. The van der Waals surface area contributed by atoms with Gasteiger partial charge in [-0.2, -0.15) is 0 Å². The summed E-state index contributed by atoms with van der Waals surface area (Å²) in [6, 6.07) is 10.7. The molecule has 4 aromatic rings. The topological polar surface area (TPSA) is 63.8 Å². The van der Waals surface area contributed by atoms with E-state index < -0.39 is 11.6 Å². The zero-order valence-electron chi connectivity index (χ0n) is 16.7. The molecule has 160 valence electrons. The number of carbonyl (C=O) groups is 1. The van der Waals surface area contributed by atoms with Crippen molar-refractivity contribution in [3.8, 4) is 5.75 Å². The van der Waals surface area contributed by atoms with Gasteiger partial charge in [0.2, 0.25) is 0 Å². The molecule has 0 amide bonds. The number of hydrogen-bond donors (Lipinski definition) is 1. The summed E-state index contributed by atoms with van der Waals surface area (Å²) in [7, 11) is 0. The van der Waals surface area contributed by atoms with Crippen molar-refractivity contribution in [2.45, 2.75) is 25.9 Å². The van der Waals surface area contributed by atoms with Gasteiger partial charge in [0.05, 0.1) is 17.9 Å². The lowest BCUT2D eigenvalue weighted by Crippen LogP contribution is -2.13. The number of thiophene rings is 1. The quantitative estimate of drug-likeness (QED) is 0.394. The van der Waals surface area contributed by atoms with E-state index in [-0.39, 0.29) is 36.9 Å². The molecule has 0 aliphatic rings. The Morgan fingerprint density at radius 3 is 2.65 bits per heavy atom. The van der Waals surface area contributed by atoms with Crippen LogP contribution in [-0.2, 0) is 6.61 Å². The van der Waals surface area contributed by atoms with Crippen molar-refractivity contribution in [2.24, 2.45) is 0 Å². The Morgan fingerprint density at radius 1 is 1.19 bits per heavy atom. The van der Waals surface area contributed by atoms with E-state index in [1.807, 2.05) is 17.5 Å². The average Bonchev–Trinajstić information content (AvgIpc) is 3.39. The molecular weight excluding hydrogens is 422 g/mol. The average molecular weight is 442 g/mol. The summed E-state index contributed by atoms with van der Waals surface area (Å²) in [5.74, 6) is -1.52. The van der Waals surface area contributed by atoms with Crippen LogP contribution >= 0.6 is 11.3 Å². The maximum Gasteiger partial charge on any atom is 0.182 e. The number of carbonyl (C=O) groups excluding carboxylic acids is 1. The maximum absolute atomic E-state index is 13.9. The molecule has 1 aromatic carbocycles. The van der Waals surface area contributed by atoms with Crippen LogP contribution in [0.2, 0.25) is 0 Å². The Bertz CT molecular complexity index is 1200. The van der Waals surface area contributed by atoms with Crippen LogP contribution in [0.15, 0.2) is 54.0 Å². The molecule has 0 spiro atoms. The molecule has 0 aliphatic carbocycles. The maximum atomic E-state index is 13.9. The molecule has 8 heteroatoms. The second-order valence-corrected chi connectivity index (χ2v) is 8.10. The van der Waals surface area contributed by atoms with Crippen LogP contribution < -0.4 is 4.74 Å². The van der Waals surface area contributed by atoms with Crippen LogP contribution in [0.25, 0.3) is 5.65 Å². The van der Waals surface area contributed by atoms with Crippen molar-refractivity contribution < 1.29 is 23.4 Å². The van der Waals surface area contributed by atoms with Gasteiger partial charge in [-0.25, -0.2) is 13.8 Å². The highest BCUT2D eigenvalue weighted by Gasteiger charge is 2.23. The van der Waals surface area contributed by atoms with Crippen molar-refractivity contribution in [2.75, 3.05) is 6.61 Å². The number of pyridine rings is 1. The van der Waals surface area contributed by atoms with E-state index in [9.17, 15) is 18.7 Å². The van der Waals surface area contributed by atoms with Crippen molar-refractivity contribution in [1.82, 2.24) is 9.38 Å². The first-order chi connectivity index (χ1) is 15.0. The van der Waals surface area contributed by atoms with Crippen LogP contribution in [-0.4, -0.2) is 26.9 Å². The lowest BCUT2D eigenvalue weighted by Gasteiger charge is -2.12. The second kappa shape index (κ2) is 8.95. The van der Waals surface area contributed by atoms with Gasteiger partial charge in [0.15, 0.2) is 17.2 Å². The van der Waals surface area contributed by atoms with Crippen LogP contribution in [0.5, 0.6) is 5.75 Å². The van der Waals surface area contributed by atoms with Gasteiger partial charge < -0.3 is 9.84 Å². The third-order valence-electron chi connectivity index (χ3n) is 5.08. The standard InChI is InChI=1S/C23H20F2N2O3S/c1-14-22(19(29)11-15(12-28)21-8-4-10-31-21)27-9-3-7-20(23(27)26-14)30-13-16-17(24)5-2-6-18(16)25/h2-10,15,28H,11-13H2,1H3/t15-/m0/s1. The fourth-order valence-electron chi connectivity index (χ4n) is 3.52. The SMILES string of the molecule is Cc1nc2c(OCc3c(F)cccc3F)cccn2c1C(=O)C[C@@H](CO)c1cccs1. The smallest absolute Gasteiger partial charge is 0.182 e. The van der Waals surface area contributed by atoms with Gasteiger partial charge in [-0.15, -0.1) is 11.3 Å². The van der Waals surface area contributed by atoms with Crippen molar-refractivity contribution in [1.29, 1.82) is 0 Å². The van der Waals surface area contributed by atoms with E-state index in [2.05, 4.69) is 4.98 Å². The van der Waals surface area contributed by atoms with Crippen molar-refractivity contribution >= 4 is 22.8 Å². The number of hydrogen-bond acceptors (Lipinski definition) is 5. The third kappa shape index (κ3) is 4.22. The third-order valence-corrected chi connectivity index (χ3v) is 6.12. The summed E-state index contributed by atoms with van der Waals surface area (Å²) >= 11 is 1.50. The van der Waals surface area contributed by atoms with Gasteiger partial charge in [-0.3, -0.25) is 9.20 Å². The number of nitrogens with zero attached hydrogens (tertiary/aromatic N) is 2. The monoisotopic (exact) mass is 442 g/mol. The first kappa shape index (κ1) is 21.1. The minimum Gasteiger partial charge on any atom is -0.485 e. The first-order valence-corrected chi connectivity index (χ1v) is 10.6. The summed E-state index contributed by atoms with van der Waals surface area (Å²) < 4.78 is 35.1. The number of benzene rings is 1. The summed E-state index contributed by atoms with van der Waals surface area (Å²) in [6.45, 7) is 1.28. The van der Waals surface area contributed by atoms with Gasteiger partial charge >= 0.3 is 0 Å². The second-order valence-electron chi connectivity index (χ2n) is 7.12. The van der Waals surface area contributed by atoms with Crippen molar-refractivity contribution in [3.05, 3.63) is 87.5 Å². The predicted molar refractivity (Wildman–Crippen MR) is 114 cm³/mol. The number of ether oxygens (including phenoxy) is 1. The lowest BCUT2D eigenvalue weighted by atomic mass is 9.99. The predicted octanol–water partition coefficient (Wildman–Crippen LogP) is 4.91. The van der Waals surface area contributed by atoms with Crippen LogP contribution in [0.1, 0.15) is 39.0 Å². The van der Waals surface area contributed by atoms with Gasteiger partial charge in [-0.1, -0.05) is 12.1 Å². The number of aliphatic hydroxyl groups is 1. The first-order valence-electron chi connectivity index (χ1n) is 9.70. The molecule has 1 N–H and O–H groups in total. The normalized spacial score (nSPS) is 12.3.